The van der Waals surface area contributed by atoms with E-state index in [4.69, 9.17) is 5.11 Å². The molecule has 3 aromatic rings. The average molecular weight is 551 g/mol. The lowest BCUT2D eigenvalue weighted by molar-refractivity contribution is -0.169. The van der Waals surface area contributed by atoms with E-state index in [0.717, 1.165) is 31.6 Å². The third-order valence-corrected chi connectivity index (χ3v) is 7.59. The Balaban J connectivity index is 1.44. The molecule has 1 saturated heterocycles. The van der Waals surface area contributed by atoms with E-state index in [9.17, 15) is 34.8 Å². The molecule has 6 N–H and O–H groups in total. The standard InChI is InChI=1S/C30H34N2O8/c1-18(23-10-4-7-19-6-2-3-9-24(19)23)31-21-8-5-15-32(16-21)22-13-11-20(12-14-22)27(36)30(40,17-33)28(37)25(34)26(35)29(38)39/h2-4,6-7,9-14,17-18,21,25-26,28,31,34-35,37,40H,5,8,15-16H2,1H3,(H,38,39)/t18-,21+,25-,26+,28+,30-/m1/s1. The Morgan fingerprint density at radius 3 is 2.38 bits per heavy atom. The van der Waals surface area contributed by atoms with Crippen molar-refractivity contribution in [1.29, 1.82) is 0 Å². The fourth-order valence-corrected chi connectivity index (χ4v) is 5.31. The number of carboxylic acids is 1. The topological polar surface area (TPSA) is 168 Å². The van der Waals surface area contributed by atoms with Gasteiger partial charge < -0.3 is 35.7 Å². The Bertz CT molecular complexity index is 1360. The van der Waals surface area contributed by atoms with Gasteiger partial charge in [0.05, 0.1) is 0 Å². The van der Waals surface area contributed by atoms with Gasteiger partial charge in [-0.1, -0.05) is 42.5 Å². The van der Waals surface area contributed by atoms with Crippen LogP contribution in [0.3, 0.4) is 0 Å². The van der Waals surface area contributed by atoms with Crippen molar-refractivity contribution in [2.75, 3.05) is 18.0 Å². The number of ketones is 1. The van der Waals surface area contributed by atoms with Crippen molar-refractivity contribution in [1.82, 2.24) is 5.32 Å². The second-order valence-electron chi connectivity index (χ2n) is 10.3. The van der Waals surface area contributed by atoms with E-state index in [-0.39, 0.29) is 23.9 Å². The number of benzene rings is 3. The van der Waals surface area contributed by atoms with E-state index in [0.29, 0.717) is 0 Å². The number of piperidine rings is 1. The monoisotopic (exact) mass is 550 g/mol. The van der Waals surface area contributed by atoms with Gasteiger partial charge in [0.1, 0.15) is 12.2 Å². The van der Waals surface area contributed by atoms with Gasteiger partial charge in [-0.3, -0.25) is 9.59 Å². The van der Waals surface area contributed by atoms with Gasteiger partial charge in [-0.25, -0.2) is 4.79 Å². The van der Waals surface area contributed by atoms with Gasteiger partial charge in [0.2, 0.25) is 11.4 Å². The SMILES string of the molecule is C[C@@H](N[C@H]1CCCN(c2ccc(C(=O)[C@](O)(C=O)[C@@H](O)[C@H](O)[C@H](O)C(=O)O)cc2)C1)c1cccc2ccccc12. The molecular weight excluding hydrogens is 516 g/mol. The Morgan fingerprint density at radius 1 is 1.02 bits per heavy atom. The number of carbonyl (C=O) groups excluding carboxylic acids is 2. The summed E-state index contributed by atoms with van der Waals surface area (Å²) in [6.07, 6.45) is -5.89. The number of anilines is 1. The second kappa shape index (κ2) is 12.2. The first-order valence-electron chi connectivity index (χ1n) is 13.2. The third-order valence-electron chi connectivity index (χ3n) is 7.59. The molecule has 0 saturated carbocycles. The highest BCUT2D eigenvalue weighted by Gasteiger charge is 2.50. The third kappa shape index (κ3) is 5.91. The molecule has 10 heteroatoms. The predicted octanol–water partition coefficient (Wildman–Crippen LogP) is 1.44. The maximum atomic E-state index is 12.9. The van der Waals surface area contributed by atoms with Crippen LogP contribution in [0.5, 0.6) is 0 Å². The van der Waals surface area contributed by atoms with Gasteiger partial charge in [0.25, 0.3) is 0 Å². The number of hydrogen-bond acceptors (Lipinski definition) is 9. The number of aliphatic carboxylic acids is 1. The smallest absolute Gasteiger partial charge is 0.335 e. The number of hydrogen-bond donors (Lipinski definition) is 6. The number of carbonyl (C=O) groups is 3. The highest BCUT2D eigenvalue weighted by molar-refractivity contribution is 6.12. The molecule has 40 heavy (non-hydrogen) atoms. The van der Waals surface area contributed by atoms with Crippen molar-refractivity contribution in [3.05, 3.63) is 77.9 Å². The molecule has 1 aliphatic rings. The summed E-state index contributed by atoms with van der Waals surface area (Å²) in [5.74, 6) is -3.13. The minimum atomic E-state index is -3.16. The first kappa shape index (κ1) is 29.3. The molecule has 0 bridgehead atoms. The molecule has 3 aromatic carbocycles. The zero-order chi connectivity index (χ0) is 29.0. The molecule has 0 radical (unpaired) electrons. The van der Waals surface area contributed by atoms with Crippen LogP contribution >= 0.6 is 0 Å². The number of aliphatic hydroxyl groups is 4. The van der Waals surface area contributed by atoms with Gasteiger partial charge in [-0.2, -0.15) is 0 Å². The van der Waals surface area contributed by atoms with E-state index in [1.807, 2.05) is 12.1 Å². The summed E-state index contributed by atoms with van der Waals surface area (Å²) in [7, 11) is 0. The van der Waals surface area contributed by atoms with Crippen molar-refractivity contribution in [2.24, 2.45) is 0 Å². The minimum Gasteiger partial charge on any atom is -0.479 e. The summed E-state index contributed by atoms with van der Waals surface area (Å²) in [6.45, 7) is 3.67. The second-order valence-corrected chi connectivity index (χ2v) is 10.3. The summed E-state index contributed by atoms with van der Waals surface area (Å²) in [4.78, 5) is 37.6. The van der Waals surface area contributed by atoms with Crippen molar-refractivity contribution in [3.63, 3.8) is 0 Å². The Kier molecular flexibility index (Phi) is 8.97. The number of nitrogens with zero attached hydrogens (tertiary/aromatic N) is 1. The van der Waals surface area contributed by atoms with Gasteiger partial charge in [-0.15, -0.1) is 0 Å². The number of carboxylic acid groups (broad SMARTS) is 1. The first-order chi connectivity index (χ1) is 19.1. The molecule has 0 amide bonds. The molecular formula is C30H34N2O8. The summed E-state index contributed by atoms with van der Waals surface area (Å²) in [5.41, 5.74) is -1.25. The van der Waals surface area contributed by atoms with Gasteiger partial charge >= 0.3 is 5.97 Å². The fraction of sp³-hybridized carbons (Fsp3) is 0.367. The van der Waals surface area contributed by atoms with Crippen LogP contribution < -0.4 is 10.2 Å². The zero-order valence-corrected chi connectivity index (χ0v) is 22.1. The van der Waals surface area contributed by atoms with Crippen LogP contribution in [-0.2, 0) is 9.59 Å². The van der Waals surface area contributed by atoms with Crippen LogP contribution in [0.4, 0.5) is 5.69 Å². The lowest BCUT2D eigenvalue weighted by Gasteiger charge is -2.36. The normalized spacial score (nSPS) is 20.2. The van der Waals surface area contributed by atoms with E-state index in [1.54, 1.807) is 12.1 Å². The number of nitrogens with one attached hydrogen (secondary N) is 1. The lowest BCUT2D eigenvalue weighted by atomic mass is 9.84. The summed E-state index contributed by atoms with van der Waals surface area (Å²) < 4.78 is 0. The van der Waals surface area contributed by atoms with E-state index in [2.05, 4.69) is 47.5 Å². The summed E-state index contributed by atoms with van der Waals surface area (Å²) in [6, 6.07) is 21.0. The molecule has 4 rings (SSSR count). The molecule has 212 valence electrons. The molecule has 0 spiro atoms. The Labute approximate surface area is 231 Å². The van der Waals surface area contributed by atoms with Gasteiger partial charge in [0, 0.05) is 36.4 Å². The highest BCUT2D eigenvalue weighted by Crippen LogP contribution is 2.27. The minimum absolute atomic E-state index is 0.124. The van der Waals surface area contributed by atoms with Crippen LogP contribution in [0.1, 0.15) is 41.7 Å². The number of aliphatic hydroxyl groups excluding tert-OH is 3. The Hall–Kier alpha value is -3.67. The Morgan fingerprint density at radius 2 is 1.70 bits per heavy atom. The number of rotatable bonds is 11. The molecule has 0 aromatic heterocycles. The first-order valence-corrected chi connectivity index (χ1v) is 13.2. The maximum Gasteiger partial charge on any atom is 0.335 e. The summed E-state index contributed by atoms with van der Waals surface area (Å²) >= 11 is 0. The van der Waals surface area contributed by atoms with Crippen molar-refractivity contribution < 1.29 is 39.9 Å². The summed E-state index contributed by atoms with van der Waals surface area (Å²) in [5, 5.41) is 55.1. The van der Waals surface area contributed by atoms with Crippen LogP contribution in [0.15, 0.2) is 66.7 Å². The molecule has 0 aliphatic carbocycles. The number of aldehydes is 1. The highest BCUT2D eigenvalue weighted by atomic mass is 16.4. The van der Waals surface area contributed by atoms with Crippen molar-refractivity contribution in [2.45, 2.75) is 55.8 Å². The van der Waals surface area contributed by atoms with E-state index in [1.165, 1.54) is 28.5 Å². The lowest BCUT2D eigenvalue weighted by Crippen LogP contribution is -2.59. The average Bonchev–Trinajstić information content (AvgIpc) is 2.98. The zero-order valence-electron chi connectivity index (χ0n) is 22.1. The fourth-order valence-electron chi connectivity index (χ4n) is 5.31. The predicted molar refractivity (Wildman–Crippen MR) is 148 cm³/mol. The molecule has 1 heterocycles. The largest absolute Gasteiger partial charge is 0.479 e. The van der Waals surface area contributed by atoms with E-state index >= 15 is 0 Å². The van der Waals surface area contributed by atoms with Crippen molar-refractivity contribution >= 4 is 34.5 Å². The van der Waals surface area contributed by atoms with E-state index < -0.39 is 35.7 Å². The number of Topliss-reactive ketones (excluding diaryl/α,β-unsaturated/α-hetero) is 1. The van der Waals surface area contributed by atoms with Crippen LogP contribution in [0, 0.1) is 0 Å². The molecule has 1 aliphatic heterocycles. The maximum absolute atomic E-state index is 12.9. The molecule has 1 fully saturated rings. The van der Waals surface area contributed by atoms with Gasteiger partial charge in [-0.05, 0) is 60.4 Å². The molecule has 0 unspecified atom stereocenters. The molecule has 6 atom stereocenters. The van der Waals surface area contributed by atoms with Crippen molar-refractivity contribution in [3.8, 4) is 0 Å². The van der Waals surface area contributed by atoms with Gasteiger partial charge in [0.15, 0.2) is 12.4 Å². The van der Waals surface area contributed by atoms with Crippen LogP contribution in [0.25, 0.3) is 10.8 Å². The van der Waals surface area contributed by atoms with Crippen LogP contribution in [-0.4, -0.2) is 86.6 Å². The van der Waals surface area contributed by atoms with Crippen LogP contribution in [0.2, 0.25) is 0 Å². The number of fused-ring (bicyclic) bond motifs is 1. The quantitative estimate of drug-likeness (QED) is 0.117. The molecule has 10 nitrogen and oxygen atoms in total.